The third-order valence-electron chi connectivity index (χ3n) is 3.51. The fourth-order valence-electron chi connectivity index (χ4n) is 2.16. The van der Waals surface area contributed by atoms with E-state index in [2.05, 4.69) is 0 Å². The van der Waals surface area contributed by atoms with Gasteiger partial charge in [-0.2, -0.15) is 0 Å². The van der Waals surface area contributed by atoms with Crippen molar-refractivity contribution in [2.24, 2.45) is 0 Å². The van der Waals surface area contributed by atoms with Crippen LogP contribution in [0.2, 0.25) is 10.0 Å². The van der Waals surface area contributed by atoms with Crippen molar-refractivity contribution >= 4 is 34.8 Å². The van der Waals surface area contributed by atoms with E-state index in [9.17, 15) is 4.79 Å². The van der Waals surface area contributed by atoms with Crippen LogP contribution in [-0.2, 0) is 9.47 Å². The van der Waals surface area contributed by atoms with E-state index in [0.717, 1.165) is 0 Å². The average Bonchev–Trinajstić information content (AvgIpc) is 2.66. The molecule has 0 bridgehead atoms. The number of rotatable bonds is 9. The second kappa shape index (κ2) is 10.4. The molecule has 2 aromatic rings. The van der Waals surface area contributed by atoms with Crippen LogP contribution in [0.4, 0.5) is 5.69 Å². The number of halogens is 2. The summed E-state index contributed by atoms with van der Waals surface area (Å²) in [7, 11) is 0. The highest BCUT2D eigenvalue weighted by Gasteiger charge is 2.21. The molecule has 140 valence electrons. The Kier molecular flexibility index (Phi) is 8.19. The van der Waals surface area contributed by atoms with Gasteiger partial charge in [0.05, 0.1) is 15.7 Å². The number of hydrogen-bond acceptors (Lipinski definition) is 4. The van der Waals surface area contributed by atoms with Gasteiger partial charge in [0.15, 0.2) is 6.79 Å². The zero-order valence-corrected chi connectivity index (χ0v) is 16.2. The van der Waals surface area contributed by atoms with Crippen molar-refractivity contribution in [2.75, 3.05) is 31.6 Å². The van der Waals surface area contributed by atoms with E-state index in [1.54, 1.807) is 42.5 Å². The quantitative estimate of drug-likeness (QED) is 0.440. The van der Waals surface area contributed by atoms with Gasteiger partial charge in [0.1, 0.15) is 12.5 Å². The summed E-state index contributed by atoms with van der Waals surface area (Å²) in [5.74, 6) is 0.367. The summed E-state index contributed by atoms with van der Waals surface area (Å²) in [6, 6.07) is 11.9. The van der Waals surface area contributed by atoms with Crippen molar-refractivity contribution in [2.45, 2.75) is 13.8 Å². The van der Waals surface area contributed by atoms with Crippen molar-refractivity contribution in [3.63, 3.8) is 0 Å². The molecule has 0 heterocycles. The standard InChI is InChI=1S/C19H21Cl2NO4/c1-3-24-12-22(17-7-5-6-16(20)18(17)21)19(23)14-8-10-15(11-9-14)26-13-25-4-2/h5-11H,3-4,12-13H2,1-2H3. The molecule has 26 heavy (non-hydrogen) atoms. The normalized spacial score (nSPS) is 10.6. The van der Waals surface area contributed by atoms with Gasteiger partial charge in [0, 0.05) is 18.8 Å². The Morgan fingerprint density at radius 1 is 1.00 bits per heavy atom. The molecule has 0 aliphatic heterocycles. The first-order valence-electron chi connectivity index (χ1n) is 8.22. The van der Waals surface area contributed by atoms with E-state index in [1.807, 2.05) is 13.8 Å². The molecule has 0 aromatic heterocycles. The highest BCUT2D eigenvalue weighted by atomic mass is 35.5. The summed E-state index contributed by atoms with van der Waals surface area (Å²) >= 11 is 12.4. The number of hydrogen-bond donors (Lipinski definition) is 0. The molecule has 0 radical (unpaired) electrons. The lowest BCUT2D eigenvalue weighted by Gasteiger charge is -2.24. The lowest BCUT2D eigenvalue weighted by molar-refractivity contribution is 0.0224. The second-order valence-electron chi connectivity index (χ2n) is 5.21. The van der Waals surface area contributed by atoms with Gasteiger partial charge in [-0.25, -0.2) is 0 Å². The second-order valence-corrected chi connectivity index (χ2v) is 5.99. The molecule has 0 spiro atoms. The van der Waals surface area contributed by atoms with Crippen LogP contribution in [-0.4, -0.2) is 32.6 Å². The monoisotopic (exact) mass is 397 g/mol. The van der Waals surface area contributed by atoms with Crippen LogP contribution in [0.25, 0.3) is 0 Å². The number of nitrogens with zero attached hydrogens (tertiary/aromatic N) is 1. The first kappa shape index (κ1) is 20.5. The maximum absolute atomic E-state index is 13.0. The summed E-state index contributed by atoms with van der Waals surface area (Å²) in [5.41, 5.74) is 0.971. The molecular weight excluding hydrogens is 377 g/mol. The Balaban J connectivity index is 2.22. The Morgan fingerprint density at radius 2 is 1.69 bits per heavy atom. The molecule has 7 heteroatoms. The van der Waals surface area contributed by atoms with Crippen molar-refractivity contribution < 1.29 is 19.0 Å². The van der Waals surface area contributed by atoms with Crippen molar-refractivity contribution in [1.29, 1.82) is 0 Å². The van der Waals surface area contributed by atoms with Gasteiger partial charge in [0.2, 0.25) is 0 Å². The van der Waals surface area contributed by atoms with Crippen molar-refractivity contribution in [1.82, 2.24) is 0 Å². The van der Waals surface area contributed by atoms with Crippen LogP contribution in [0.1, 0.15) is 24.2 Å². The molecule has 0 aliphatic rings. The van der Waals surface area contributed by atoms with Crippen LogP contribution < -0.4 is 9.64 Å². The maximum Gasteiger partial charge on any atom is 0.260 e. The van der Waals surface area contributed by atoms with E-state index < -0.39 is 0 Å². The topological polar surface area (TPSA) is 48.0 Å². The summed E-state index contributed by atoms with van der Waals surface area (Å²) in [6.45, 7) is 5.01. The van der Waals surface area contributed by atoms with Gasteiger partial charge in [-0.15, -0.1) is 0 Å². The summed E-state index contributed by atoms with van der Waals surface area (Å²) in [6.07, 6.45) is 0. The Hall–Kier alpha value is -1.79. The zero-order chi connectivity index (χ0) is 18.9. The van der Waals surface area contributed by atoms with Gasteiger partial charge >= 0.3 is 0 Å². The van der Waals surface area contributed by atoms with Crippen LogP contribution in [0.15, 0.2) is 42.5 Å². The minimum Gasteiger partial charge on any atom is -0.468 e. The molecule has 0 aliphatic carbocycles. The van der Waals surface area contributed by atoms with E-state index in [0.29, 0.717) is 40.3 Å². The summed E-state index contributed by atoms with van der Waals surface area (Å²) < 4.78 is 16.0. The Morgan fingerprint density at radius 3 is 2.35 bits per heavy atom. The molecule has 2 aromatic carbocycles. The molecule has 0 fully saturated rings. The van der Waals surface area contributed by atoms with Crippen LogP contribution in [0.3, 0.4) is 0 Å². The number of ether oxygens (including phenoxy) is 3. The van der Waals surface area contributed by atoms with Gasteiger partial charge in [-0.05, 0) is 50.2 Å². The molecule has 0 saturated heterocycles. The molecule has 0 N–H and O–H groups in total. The highest BCUT2D eigenvalue weighted by molar-refractivity contribution is 6.44. The molecule has 0 saturated carbocycles. The largest absolute Gasteiger partial charge is 0.468 e. The minimum atomic E-state index is -0.251. The average molecular weight is 398 g/mol. The number of carbonyl (C=O) groups excluding carboxylic acids is 1. The first-order chi connectivity index (χ1) is 12.6. The van der Waals surface area contributed by atoms with E-state index in [-0.39, 0.29) is 19.4 Å². The fraction of sp³-hybridized carbons (Fsp3) is 0.316. The Labute approximate surface area is 163 Å². The highest BCUT2D eigenvalue weighted by Crippen LogP contribution is 2.33. The van der Waals surface area contributed by atoms with Crippen molar-refractivity contribution in [3.05, 3.63) is 58.1 Å². The maximum atomic E-state index is 13.0. The first-order valence-corrected chi connectivity index (χ1v) is 8.98. The van der Waals surface area contributed by atoms with Gasteiger partial charge in [-0.1, -0.05) is 29.3 Å². The third-order valence-corrected chi connectivity index (χ3v) is 4.31. The molecule has 1 amide bonds. The molecular formula is C19H21Cl2NO4. The molecule has 0 atom stereocenters. The van der Waals surface area contributed by atoms with E-state index >= 15 is 0 Å². The Bertz CT molecular complexity index is 722. The third kappa shape index (κ3) is 5.35. The predicted octanol–water partition coefficient (Wildman–Crippen LogP) is 5.01. The van der Waals surface area contributed by atoms with Crippen molar-refractivity contribution in [3.8, 4) is 5.75 Å². The number of benzene rings is 2. The lowest BCUT2D eigenvalue weighted by Crippen LogP contribution is -2.33. The van der Waals surface area contributed by atoms with Gasteiger partial charge in [0.25, 0.3) is 5.91 Å². The molecule has 0 unspecified atom stereocenters. The van der Waals surface area contributed by atoms with Crippen LogP contribution in [0.5, 0.6) is 5.75 Å². The fourth-order valence-corrected chi connectivity index (χ4v) is 2.56. The van der Waals surface area contributed by atoms with Crippen LogP contribution in [0, 0.1) is 0 Å². The summed E-state index contributed by atoms with van der Waals surface area (Å²) in [5, 5.41) is 0.678. The number of amides is 1. The SMILES string of the molecule is CCOCOc1ccc(C(=O)N(COCC)c2cccc(Cl)c2Cl)cc1. The number of carbonyl (C=O) groups is 1. The van der Waals surface area contributed by atoms with Crippen LogP contribution >= 0.6 is 23.2 Å². The molecule has 2 rings (SSSR count). The smallest absolute Gasteiger partial charge is 0.260 e. The minimum absolute atomic E-state index is 0.0674. The van der Waals surface area contributed by atoms with E-state index in [1.165, 1.54) is 4.90 Å². The lowest BCUT2D eigenvalue weighted by atomic mass is 10.2. The molecule has 5 nitrogen and oxygen atoms in total. The zero-order valence-electron chi connectivity index (χ0n) is 14.7. The summed E-state index contributed by atoms with van der Waals surface area (Å²) in [4.78, 5) is 14.4. The van der Waals surface area contributed by atoms with Gasteiger partial charge < -0.3 is 14.2 Å². The number of anilines is 1. The van der Waals surface area contributed by atoms with E-state index in [4.69, 9.17) is 37.4 Å². The van der Waals surface area contributed by atoms with Gasteiger partial charge in [-0.3, -0.25) is 9.69 Å². The predicted molar refractivity (Wildman–Crippen MR) is 103 cm³/mol.